The van der Waals surface area contributed by atoms with Crippen LogP contribution >= 0.6 is 0 Å². The van der Waals surface area contributed by atoms with Crippen LogP contribution in [0.1, 0.15) is 22.8 Å². The Morgan fingerprint density at radius 2 is 1.83 bits per heavy atom. The van der Waals surface area contributed by atoms with Gasteiger partial charge in [0.25, 0.3) is 0 Å². The molecule has 0 heterocycles. The van der Waals surface area contributed by atoms with E-state index >= 15 is 0 Å². The van der Waals surface area contributed by atoms with E-state index in [0.29, 0.717) is 16.9 Å². The Hall–Kier alpha value is -2.88. The predicted octanol–water partition coefficient (Wildman–Crippen LogP) is 3.50. The summed E-state index contributed by atoms with van der Waals surface area (Å²) in [6, 6.07) is 13.5. The van der Waals surface area contributed by atoms with Crippen molar-refractivity contribution in [3.63, 3.8) is 0 Å². The summed E-state index contributed by atoms with van der Waals surface area (Å²) in [5.41, 5.74) is 1.22. The first kappa shape index (κ1) is 16.5. The second-order valence-corrected chi connectivity index (χ2v) is 5.12. The lowest BCUT2D eigenvalue weighted by Crippen LogP contribution is -2.19. The topological polar surface area (TPSA) is 63.6 Å². The molecule has 2 aromatic rings. The molecule has 0 spiro atoms. The summed E-state index contributed by atoms with van der Waals surface area (Å²) in [6.45, 7) is 1.60. The number of phenols is 1. The number of phenolic OH excluding ortho intramolecular Hbond substituents is 1. The van der Waals surface area contributed by atoms with Crippen LogP contribution in [-0.4, -0.2) is 23.8 Å². The number of carbonyl (C=O) groups is 2. The molecule has 23 heavy (non-hydrogen) atoms. The number of hydrogen-bond acceptors (Lipinski definition) is 4. The van der Waals surface area contributed by atoms with Gasteiger partial charge in [0.2, 0.25) is 0 Å². The Kier molecular flexibility index (Phi) is 5.31. The summed E-state index contributed by atoms with van der Waals surface area (Å²) in [4.78, 5) is 24.4. The standard InChI is InChI=1S/C19H18O4/c1-13(19(22)15-6-4-3-5-7-15)16(20)10-8-14-9-11-17(21)18(12-14)23-2/h3-13,21H,1-2H3/b10-8+. The van der Waals surface area contributed by atoms with Gasteiger partial charge in [-0.2, -0.15) is 0 Å². The highest BCUT2D eigenvalue weighted by atomic mass is 16.5. The molecule has 0 aliphatic rings. The third kappa shape index (κ3) is 4.07. The number of ketones is 2. The molecule has 0 bridgehead atoms. The van der Waals surface area contributed by atoms with E-state index in [2.05, 4.69) is 0 Å². The minimum Gasteiger partial charge on any atom is -0.504 e. The fourth-order valence-corrected chi connectivity index (χ4v) is 2.10. The molecule has 2 aromatic carbocycles. The molecule has 0 saturated heterocycles. The largest absolute Gasteiger partial charge is 0.504 e. The number of rotatable bonds is 6. The van der Waals surface area contributed by atoms with E-state index < -0.39 is 5.92 Å². The number of Topliss-reactive ketones (excluding diaryl/α,β-unsaturated/α-hetero) is 1. The van der Waals surface area contributed by atoms with Gasteiger partial charge in [0, 0.05) is 5.56 Å². The van der Waals surface area contributed by atoms with Crippen LogP contribution in [0, 0.1) is 5.92 Å². The van der Waals surface area contributed by atoms with Crippen molar-refractivity contribution in [3.8, 4) is 11.5 Å². The van der Waals surface area contributed by atoms with Gasteiger partial charge in [0.15, 0.2) is 23.1 Å². The maximum atomic E-state index is 12.2. The van der Waals surface area contributed by atoms with Gasteiger partial charge in [-0.25, -0.2) is 0 Å². The molecule has 1 atom stereocenters. The smallest absolute Gasteiger partial charge is 0.173 e. The zero-order valence-corrected chi connectivity index (χ0v) is 13.0. The molecule has 0 fully saturated rings. The van der Waals surface area contributed by atoms with E-state index in [4.69, 9.17) is 4.74 Å². The number of aromatic hydroxyl groups is 1. The summed E-state index contributed by atoms with van der Waals surface area (Å²) in [6.07, 6.45) is 2.97. The quantitative estimate of drug-likeness (QED) is 0.504. The van der Waals surface area contributed by atoms with Crippen molar-refractivity contribution in [1.82, 2.24) is 0 Å². The summed E-state index contributed by atoms with van der Waals surface area (Å²) < 4.78 is 5.01. The lowest BCUT2D eigenvalue weighted by Gasteiger charge is -2.07. The van der Waals surface area contributed by atoms with Crippen LogP contribution in [0.3, 0.4) is 0 Å². The summed E-state index contributed by atoms with van der Waals surface area (Å²) in [5.74, 6) is -0.862. The first-order chi connectivity index (χ1) is 11.0. The van der Waals surface area contributed by atoms with Gasteiger partial charge in [-0.3, -0.25) is 9.59 Å². The van der Waals surface area contributed by atoms with Gasteiger partial charge in [-0.05, 0) is 30.7 Å². The van der Waals surface area contributed by atoms with Gasteiger partial charge in [0.05, 0.1) is 13.0 Å². The van der Waals surface area contributed by atoms with Gasteiger partial charge in [-0.1, -0.05) is 42.5 Å². The number of methoxy groups -OCH3 is 1. The minimum absolute atomic E-state index is 0.0311. The van der Waals surface area contributed by atoms with Crippen molar-refractivity contribution >= 4 is 17.6 Å². The molecule has 4 heteroatoms. The van der Waals surface area contributed by atoms with E-state index in [1.807, 2.05) is 6.07 Å². The molecule has 1 unspecified atom stereocenters. The van der Waals surface area contributed by atoms with Crippen molar-refractivity contribution in [3.05, 3.63) is 65.7 Å². The summed E-state index contributed by atoms with van der Waals surface area (Å²) in [5, 5.41) is 9.54. The number of benzene rings is 2. The predicted molar refractivity (Wildman–Crippen MR) is 88.6 cm³/mol. The highest BCUT2D eigenvalue weighted by Gasteiger charge is 2.20. The van der Waals surface area contributed by atoms with Crippen molar-refractivity contribution in [2.45, 2.75) is 6.92 Å². The Morgan fingerprint density at radius 1 is 1.13 bits per heavy atom. The molecular formula is C19H18O4. The number of carbonyl (C=O) groups excluding carboxylic acids is 2. The number of allylic oxidation sites excluding steroid dienone is 1. The third-order valence-corrected chi connectivity index (χ3v) is 3.52. The summed E-state index contributed by atoms with van der Waals surface area (Å²) >= 11 is 0. The molecule has 2 rings (SSSR count). The molecule has 0 aliphatic heterocycles. The lowest BCUT2D eigenvalue weighted by atomic mass is 9.95. The lowest BCUT2D eigenvalue weighted by molar-refractivity contribution is -0.116. The highest BCUT2D eigenvalue weighted by Crippen LogP contribution is 2.26. The monoisotopic (exact) mass is 310 g/mol. The highest BCUT2D eigenvalue weighted by molar-refractivity contribution is 6.14. The van der Waals surface area contributed by atoms with E-state index in [9.17, 15) is 14.7 Å². The van der Waals surface area contributed by atoms with Crippen LogP contribution in [0.15, 0.2) is 54.6 Å². The van der Waals surface area contributed by atoms with Crippen LogP contribution in [0.4, 0.5) is 0 Å². The zero-order chi connectivity index (χ0) is 16.8. The molecular weight excluding hydrogens is 292 g/mol. The zero-order valence-electron chi connectivity index (χ0n) is 13.0. The maximum Gasteiger partial charge on any atom is 0.173 e. The molecule has 118 valence electrons. The second-order valence-electron chi connectivity index (χ2n) is 5.12. The Bertz CT molecular complexity index is 732. The fraction of sp³-hybridized carbons (Fsp3) is 0.158. The third-order valence-electron chi connectivity index (χ3n) is 3.52. The minimum atomic E-state index is -0.743. The van der Waals surface area contributed by atoms with Crippen LogP contribution in [0.2, 0.25) is 0 Å². The van der Waals surface area contributed by atoms with Gasteiger partial charge in [0.1, 0.15) is 0 Å². The van der Waals surface area contributed by atoms with Crippen molar-refractivity contribution in [1.29, 1.82) is 0 Å². The van der Waals surface area contributed by atoms with E-state index in [-0.39, 0.29) is 17.3 Å². The number of hydrogen-bond donors (Lipinski definition) is 1. The number of ether oxygens (including phenoxy) is 1. The SMILES string of the molecule is COc1cc(/C=C/C(=O)C(C)C(=O)c2ccccc2)ccc1O. The molecule has 4 nitrogen and oxygen atoms in total. The van der Waals surface area contributed by atoms with Crippen molar-refractivity contribution < 1.29 is 19.4 Å². The molecule has 0 aliphatic carbocycles. The van der Waals surface area contributed by atoms with E-state index in [1.165, 1.54) is 19.3 Å². The van der Waals surface area contributed by atoms with Crippen LogP contribution < -0.4 is 4.74 Å². The van der Waals surface area contributed by atoms with Crippen molar-refractivity contribution in [2.75, 3.05) is 7.11 Å². The molecule has 0 saturated carbocycles. The molecule has 0 radical (unpaired) electrons. The Labute approximate surface area is 135 Å². The van der Waals surface area contributed by atoms with E-state index in [1.54, 1.807) is 49.4 Å². The van der Waals surface area contributed by atoms with Gasteiger partial charge in [-0.15, -0.1) is 0 Å². The first-order valence-corrected chi connectivity index (χ1v) is 7.21. The Balaban J connectivity index is 2.10. The fourth-order valence-electron chi connectivity index (χ4n) is 2.10. The Morgan fingerprint density at radius 3 is 2.48 bits per heavy atom. The normalized spacial score (nSPS) is 12.1. The summed E-state index contributed by atoms with van der Waals surface area (Å²) in [7, 11) is 1.45. The molecule has 0 amide bonds. The molecule has 0 aromatic heterocycles. The second kappa shape index (κ2) is 7.40. The van der Waals surface area contributed by atoms with Crippen LogP contribution in [0.25, 0.3) is 6.08 Å². The first-order valence-electron chi connectivity index (χ1n) is 7.21. The average molecular weight is 310 g/mol. The van der Waals surface area contributed by atoms with E-state index in [0.717, 1.165) is 0 Å². The average Bonchev–Trinajstić information content (AvgIpc) is 2.60. The van der Waals surface area contributed by atoms with Gasteiger partial charge >= 0.3 is 0 Å². The van der Waals surface area contributed by atoms with Crippen LogP contribution in [0.5, 0.6) is 11.5 Å². The van der Waals surface area contributed by atoms with Crippen molar-refractivity contribution in [2.24, 2.45) is 5.92 Å². The van der Waals surface area contributed by atoms with Crippen LogP contribution in [-0.2, 0) is 4.79 Å². The maximum absolute atomic E-state index is 12.2. The molecule has 1 N–H and O–H groups in total. The van der Waals surface area contributed by atoms with Gasteiger partial charge < -0.3 is 9.84 Å².